The number of carbonyl (C=O) groups excluding carboxylic acids is 1. The van der Waals surface area contributed by atoms with E-state index in [0.717, 1.165) is 0 Å². The van der Waals surface area contributed by atoms with Crippen LogP contribution in [-0.4, -0.2) is 54.1 Å². The number of anilines is 1. The van der Waals surface area contributed by atoms with Gasteiger partial charge in [0, 0.05) is 43.4 Å². The van der Waals surface area contributed by atoms with Gasteiger partial charge in [-0.2, -0.15) is 0 Å². The van der Waals surface area contributed by atoms with Crippen molar-refractivity contribution < 1.29 is 22.3 Å². The Bertz CT molecular complexity index is 1240. The van der Waals surface area contributed by atoms with Crippen LogP contribution in [0, 0.1) is 11.2 Å². The molecular formula is C23H31FN4O4S2. The van der Waals surface area contributed by atoms with Crippen LogP contribution >= 0.6 is 11.3 Å². The maximum absolute atomic E-state index is 14.5. The van der Waals surface area contributed by atoms with Crippen molar-refractivity contribution >= 4 is 43.4 Å². The molecule has 1 amide bonds. The molecule has 0 radical (unpaired) electrons. The van der Waals surface area contributed by atoms with Gasteiger partial charge in [-0.25, -0.2) is 17.8 Å². The Morgan fingerprint density at radius 1 is 1.35 bits per heavy atom. The minimum atomic E-state index is -3.71. The van der Waals surface area contributed by atoms with Crippen LogP contribution in [0.5, 0.6) is 0 Å². The monoisotopic (exact) mass is 510 g/mol. The van der Waals surface area contributed by atoms with Gasteiger partial charge in [-0.3, -0.25) is 9.20 Å². The van der Waals surface area contributed by atoms with Gasteiger partial charge in [0.1, 0.15) is 16.3 Å². The summed E-state index contributed by atoms with van der Waals surface area (Å²) in [4.78, 5) is 17.4. The Hall–Kier alpha value is -2.63. The van der Waals surface area contributed by atoms with Crippen molar-refractivity contribution in [3.05, 3.63) is 53.0 Å². The molecule has 186 valence electrons. The summed E-state index contributed by atoms with van der Waals surface area (Å²) in [5.74, 6) is -1.96. The molecule has 0 fully saturated rings. The van der Waals surface area contributed by atoms with Gasteiger partial charge in [0.2, 0.25) is 0 Å². The van der Waals surface area contributed by atoms with Crippen molar-refractivity contribution in [3.8, 4) is 0 Å². The highest BCUT2D eigenvalue weighted by molar-refractivity contribution is 7.93. The van der Waals surface area contributed by atoms with Crippen LogP contribution in [0.1, 0.15) is 56.1 Å². The van der Waals surface area contributed by atoms with Gasteiger partial charge in [0.05, 0.1) is 5.75 Å². The van der Waals surface area contributed by atoms with E-state index in [1.165, 1.54) is 43.4 Å². The Morgan fingerprint density at radius 2 is 2.00 bits per heavy atom. The molecule has 1 atom stereocenters. The van der Waals surface area contributed by atoms with E-state index < -0.39 is 32.2 Å². The number of nitrogens with one attached hydrogen (secondary N) is 2. The molecule has 0 saturated carbocycles. The number of halogens is 1. The van der Waals surface area contributed by atoms with E-state index >= 15 is 0 Å². The zero-order chi connectivity index (χ0) is 25.7. The fourth-order valence-electron chi connectivity index (χ4n) is 3.27. The van der Waals surface area contributed by atoms with Crippen molar-refractivity contribution in [2.24, 2.45) is 0 Å². The van der Waals surface area contributed by atoms with Crippen LogP contribution in [0.25, 0.3) is 4.96 Å². The Balaban J connectivity index is 0.00000129. The molecule has 8 nitrogen and oxygen atoms in total. The first-order chi connectivity index (χ1) is 15.9. The van der Waals surface area contributed by atoms with Gasteiger partial charge in [-0.15, -0.1) is 11.3 Å². The number of sulfone groups is 1. The Labute approximate surface area is 203 Å². The molecule has 0 spiro atoms. The number of carbonyl (C=O) groups is 1. The van der Waals surface area contributed by atoms with Crippen molar-refractivity contribution in [2.45, 2.75) is 44.8 Å². The maximum Gasteiger partial charge on any atom is 0.275 e. The van der Waals surface area contributed by atoms with Crippen LogP contribution in [0.4, 0.5) is 10.1 Å². The number of hydrogen-bond acceptors (Lipinski definition) is 7. The number of amides is 1. The standard InChI is InChI=1S/C21H25FN4O3S2.C2H6O/c1-5-18(23)21(3,4)31(28,29)12-13(2)15-10-14(6-7-16(15)22)24-19(27)17-11-26-8-9-30-20(26)25-17;1-3-2/h6-11,13,23H,5,12H2,1-4H3,(H,24,27);1-2H3. The summed E-state index contributed by atoms with van der Waals surface area (Å²) in [5.41, 5.74) is 0.878. The molecule has 2 heterocycles. The molecule has 2 N–H and O–H groups in total. The second kappa shape index (κ2) is 11.2. The minimum Gasteiger partial charge on any atom is -0.388 e. The Morgan fingerprint density at radius 3 is 2.59 bits per heavy atom. The second-order valence-corrected chi connectivity index (χ2v) is 11.8. The van der Waals surface area contributed by atoms with E-state index in [9.17, 15) is 17.6 Å². The zero-order valence-electron chi connectivity index (χ0n) is 20.2. The predicted molar refractivity (Wildman–Crippen MR) is 135 cm³/mol. The lowest BCUT2D eigenvalue weighted by molar-refractivity contribution is 0.102. The molecule has 0 aliphatic carbocycles. The van der Waals surface area contributed by atoms with Crippen LogP contribution in [0.15, 0.2) is 36.0 Å². The Kier molecular flexibility index (Phi) is 9.09. The number of fused-ring (bicyclic) bond motifs is 1. The number of nitrogens with zero attached hydrogens (tertiary/aromatic N) is 2. The number of imidazole rings is 1. The predicted octanol–water partition coefficient (Wildman–Crippen LogP) is 4.78. The molecule has 3 aromatic rings. The molecule has 0 bridgehead atoms. The summed E-state index contributed by atoms with van der Waals surface area (Å²) < 4.78 is 45.0. The molecule has 0 aliphatic rings. The van der Waals surface area contributed by atoms with Crippen LogP contribution in [0.3, 0.4) is 0 Å². The SMILES string of the molecule is CCC(=N)C(C)(C)S(=O)(=O)CC(C)c1cc(NC(=O)c2cn3ccsc3n2)ccc1F.COC. The quantitative estimate of drug-likeness (QED) is 0.424. The molecule has 1 aromatic carbocycles. The third-order valence-electron chi connectivity index (χ3n) is 5.44. The first kappa shape index (κ1) is 27.6. The lowest BCUT2D eigenvalue weighted by atomic mass is 10.0. The normalized spacial score (nSPS) is 12.7. The second-order valence-electron chi connectivity index (χ2n) is 8.34. The van der Waals surface area contributed by atoms with E-state index in [0.29, 0.717) is 17.1 Å². The summed E-state index contributed by atoms with van der Waals surface area (Å²) in [6.07, 6.45) is 3.72. The van der Waals surface area contributed by atoms with Gasteiger partial charge in [-0.1, -0.05) is 13.8 Å². The molecule has 3 rings (SSSR count). The van der Waals surface area contributed by atoms with E-state index in [1.807, 2.05) is 5.38 Å². The number of methoxy groups -OCH3 is 1. The topological polar surface area (TPSA) is 114 Å². The van der Waals surface area contributed by atoms with Crippen LogP contribution < -0.4 is 5.32 Å². The van der Waals surface area contributed by atoms with E-state index in [1.54, 1.807) is 44.9 Å². The smallest absolute Gasteiger partial charge is 0.275 e. The third-order valence-corrected chi connectivity index (χ3v) is 8.95. The van der Waals surface area contributed by atoms with Crippen LogP contribution in [0.2, 0.25) is 0 Å². The zero-order valence-corrected chi connectivity index (χ0v) is 21.8. The number of ether oxygens (including phenoxy) is 1. The lowest BCUT2D eigenvalue weighted by Crippen LogP contribution is -2.42. The first-order valence-corrected chi connectivity index (χ1v) is 13.1. The van der Waals surface area contributed by atoms with Gasteiger partial charge in [-0.05, 0) is 49.9 Å². The highest BCUT2D eigenvalue weighted by atomic mass is 32.2. The maximum atomic E-state index is 14.5. The summed E-state index contributed by atoms with van der Waals surface area (Å²) in [6, 6.07) is 4.08. The minimum absolute atomic E-state index is 0.112. The summed E-state index contributed by atoms with van der Waals surface area (Å²) in [5, 5.41) is 12.5. The van der Waals surface area contributed by atoms with Crippen molar-refractivity contribution in [2.75, 3.05) is 25.3 Å². The summed E-state index contributed by atoms with van der Waals surface area (Å²) >= 11 is 1.40. The molecular weight excluding hydrogens is 479 g/mol. The number of benzene rings is 1. The fraction of sp³-hybridized carbons (Fsp3) is 0.435. The molecule has 0 aliphatic heterocycles. The molecule has 0 saturated heterocycles. The lowest BCUT2D eigenvalue weighted by Gasteiger charge is -2.27. The van der Waals surface area contributed by atoms with Gasteiger partial charge in [0.25, 0.3) is 5.91 Å². The highest BCUT2D eigenvalue weighted by Gasteiger charge is 2.38. The van der Waals surface area contributed by atoms with Crippen molar-refractivity contribution in [3.63, 3.8) is 0 Å². The number of hydrogen-bond donors (Lipinski definition) is 2. The van der Waals surface area contributed by atoms with Gasteiger partial charge < -0.3 is 15.5 Å². The number of aromatic nitrogens is 2. The van der Waals surface area contributed by atoms with E-state index in [2.05, 4.69) is 15.0 Å². The highest BCUT2D eigenvalue weighted by Crippen LogP contribution is 2.29. The van der Waals surface area contributed by atoms with Crippen molar-refractivity contribution in [1.29, 1.82) is 5.41 Å². The summed E-state index contributed by atoms with van der Waals surface area (Å²) in [7, 11) is -0.463. The third kappa shape index (κ3) is 6.08. The van der Waals surface area contributed by atoms with E-state index in [-0.39, 0.29) is 22.7 Å². The fourth-order valence-corrected chi connectivity index (χ4v) is 5.75. The molecule has 1 unspecified atom stereocenters. The average molecular weight is 511 g/mol. The average Bonchev–Trinajstić information content (AvgIpc) is 3.37. The number of rotatable bonds is 8. The largest absolute Gasteiger partial charge is 0.388 e. The molecule has 34 heavy (non-hydrogen) atoms. The van der Waals surface area contributed by atoms with Gasteiger partial charge in [0.15, 0.2) is 14.8 Å². The molecule has 2 aromatic heterocycles. The van der Waals surface area contributed by atoms with Gasteiger partial charge >= 0.3 is 0 Å². The summed E-state index contributed by atoms with van der Waals surface area (Å²) in [6.45, 7) is 6.36. The van der Waals surface area contributed by atoms with Crippen molar-refractivity contribution in [1.82, 2.24) is 9.38 Å². The van der Waals surface area contributed by atoms with E-state index in [4.69, 9.17) is 5.41 Å². The van der Waals surface area contributed by atoms with Crippen LogP contribution in [-0.2, 0) is 14.6 Å². The first-order valence-electron chi connectivity index (χ1n) is 10.6. The molecule has 11 heteroatoms. The number of thiazole rings is 1.